The highest BCUT2D eigenvalue weighted by atomic mass is 32.2. The fourth-order valence-electron chi connectivity index (χ4n) is 5.36. The number of aliphatic hydroxyl groups excluding tert-OH is 1. The first-order chi connectivity index (χ1) is 19.9. The normalized spacial score (nSPS) is 15.1. The summed E-state index contributed by atoms with van der Waals surface area (Å²) in [6.07, 6.45) is 2.37. The standard InChI is InChI=1S/C30H33N3O8S/c1-42(39,40)32-29(35)25-16-13-23(18-26(25)21-4-2-3-5-21)20-9-6-19(7-10-20)8-17-27(41-30(31)36)28(34)22-11-14-24(15-12-22)33(37)38/h6-7,9-16,18,21,27-28,34H,2-5,8,17H2,1H3,(H2,31,36)(H,32,35)/t27?,28-/m1/s1. The zero-order chi connectivity index (χ0) is 30.4. The highest BCUT2D eigenvalue weighted by molar-refractivity contribution is 7.89. The van der Waals surface area contributed by atoms with E-state index in [1.165, 1.54) is 24.3 Å². The number of hydrogen-bond donors (Lipinski definition) is 3. The number of nitro groups is 1. The Morgan fingerprint density at radius 1 is 1.05 bits per heavy atom. The van der Waals surface area contributed by atoms with Crippen LogP contribution in [0.1, 0.15) is 71.2 Å². The highest BCUT2D eigenvalue weighted by Crippen LogP contribution is 2.38. The summed E-state index contributed by atoms with van der Waals surface area (Å²) in [6, 6.07) is 18.4. The maximum atomic E-state index is 12.7. The van der Waals surface area contributed by atoms with E-state index < -0.39 is 39.2 Å². The number of carbonyl (C=O) groups excluding carboxylic acids is 2. The molecule has 0 bridgehead atoms. The number of primary amides is 1. The van der Waals surface area contributed by atoms with Crippen LogP contribution in [0, 0.1) is 10.1 Å². The molecule has 12 heteroatoms. The molecular formula is C30H33N3O8S. The van der Waals surface area contributed by atoms with E-state index in [1.54, 1.807) is 12.1 Å². The number of non-ortho nitro benzene ring substituents is 1. The molecule has 0 saturated heterocycles. The SMILES string of the molecule is CS(=O)(=O)NC(=O)c1ccc(-c2ccc(CCC(OC(N)=O)[C@H](O)c3ccc([N+](=O)[O-])cc3)cc2)cc1C1CCCC1. The summed E-state index contributed by atoms with van der Waals surface area (Å²) in [5.41, 5.74) is 9.36. The third-order valence-corrected chi connectivity index (χ3v) is 8.00. The van der Waals surface area contributed by atoms with Crippen molar-refractivity contribution in [3.8, 4) is 11.1 Å². The Kier molecular flexibility index (Phi) is 9.59. The molecule has 0 radical (unpaired) electrons. The van der Waals surface area contributed by atoms with Crippen molar-refractivity contribution in [2.24, 2.45) is 5.73 Å². The number of benzene rings is 3. The minimum absolute atomic E-state index is 0.124. The lowest BCUT2D eigenvalue weighted by Gasteiger charge is -2.22. The van der Waals surface area contributed by atoms with E-state index in [0.29, 0.717) is 17.5 Å². The Morgan fingerprint density at radius 2 is 1.67 bits per heavy atom. The summed E-state index contributed by atoms with van der Waals surface area (Å²) in [7, 11) is -3.70. The van der Waals surface area contributed by atoms with Gasteiger partial charge in [-0.3, -0.25) is 14.9 Å². The zero-order valence-corrected chi connectivity index (χ0v) is 23.9. The molecule has 4 rings (SSSR count). The van der Waals surface area contributed by atoms with Gasteiger partial charge in [0.15, 0.2) is 0 Å². The van der Waals surface area contributed by atoms with E-state index >= 15 is 0 Å². The average molecular weight is 596 g/mol. The monoisotopic (exact) mass is 595 g/mol. The number of sulfonamides is 1. The van der Waals surface area contributed by atoms with E-state index in [4.69, 9.17) is 10.5 Å². The number of ether oxygens (including phenoxy) is 1. The van der Waals surface area contributed by atoms with Crippen molar-refractivity contribution >= 4 is 27.7 Å². The molecule has 0 aliphatic heterocycles. The molecule has 42 heavy (non-hydrogen) atoms. The number of aryl methyl sites for hydroxylation is 1. The second kappa shape index (κ2) is 13.1. The summed E-state index contributed by atoms with van der Waals surface area (Å²) in [4.78, 5) is 34.6. The number of hydrogen-bond acceptors (Lipinski definition) is 8. The molecule has 0 aromatic heterocycles. The zero-order valence-electron chi connectivity index (χ0n) is 23.1. The second-order valence-corrected chi connectivity index (χ2v) is 12.2. The van der Waals surface area contributed by atoms with Crippen LogP contribution >= 0.6 is 0 Å². The lowest BCUT2D eigenvalue weighted by Crippen LogP contribution is -2.30. The topological polar surface area (TPSA) is 179 Å². The van der Waals surface area contributed by atoms with E-state index in [-0.39, 0.29) is 18.0 Å². The molecule has 1 aliphatic carbocycles. The van der Waals surface area contributed by atoms with Crippen LogP contribution in [0.25, 0.3) is 11.1 Å². The molecule has 3 aromatic rings. The molecule has 2 amide bonds. The van der Waals surface area contributed by atoms with Crippen molar-refractivity contribution in [1.29, 1.82) is 0 Å². The van der Waals surface area contributed by atoms with E-state index in [2.05, 4.69) is 4.72 Å². The molecule has 1 fully saturated rings. The second-order valence-electron chi connectivity index (χ2n) is 10.5. The molecule has 4 N–H and O–H groups in total. The molecule has 1 saturated carbocycles. The lowest BCUT2D eigenvalue weighted by molar-refractivity contribution is -0.384. The minimum atomic E-state index is -3.70. The smallest absolute Gasteiger partial charge is 0.404 e. The van der Waals surface area contributed by atoms with Gasteiger partial charge in [-0.1, -0.05) is 49.2 Å². The van der Waals surface area contributed by atoms with Gasteiger partial charge in [0.05, 0.1) is 11.2 Å². The Morgan fingerprint density at radius 3 is 2.24 bits per heavy atom. The van der Waals surface area contributed by atoms with Crippen LogP contribution in [0.4, 0.5) is 10.5 Å². The molecule has 1 unspecified atom stereocenters. The van der Waals surface area contributed by atoms with Gasteiger partial charge in [-0.25, -0.2) is 17.9 Å². The summed E-state index contributed by atoms with van der Waals surface area (Å²) >= 11 is 0. The molecule has 3 aromatic carbocycles. The summed E-state index contributed by atoms with van der Waals surface area (Å²) < 4.78 is 30.6. The molecule has 1 aliphatic rings. The van der Waals surface area contributed by atoms with Crippen LogP contribution < -0.4 is 10.5 Å². The fourth-order valence-corrected chi connectivity index (χ4v) is 5.80. The molecule has 0 spiro atoms. The van der Waals surface area contributed by atoms with Crippen LogP contribution in [-0.4, -0.2) is 42.8 Å². The van der Waals surface area contributed by atoms with Gasteiger partial charge in [0, 0.05) is 17.7 Å². The number of nitrogens with two attached hydrogens (primary N) is 1. The summed E-state index contributed by atoms with van der Waals surface area (Å²) in [5.74, 6) is -0.459. The van der Waals surface area contributed by atoms with Crippen molar-refractivity contribution in [2.45, 2.75) is 56.7 Å². The quantitative estimate of drug-likeness (QED) is 0.210. The number of aliphatic hydroxyl groups is 1. The number of amides is 2. The van der Waals surface area contributed by atoms with Gasteiger partial charge in [0.1, 0.15) is 12.2 Å². The number of nitrogens with zero attached hydrogens (tertiary/aromatic N) is 1. The first-order valence-corrected chi connectivity index (χ1v) is 15.4. The Bertz CT molecular complexity index is 1550. The molecule has 2 atom stereocenters. The average Bonchev–Trinajstić information content (AvgIpc) is 3.49. The highest BCUT2D eigenvalue weighted by Gasteiger charge is 2.26. The van der Waals surface area contributed by atoms with Crippen molar-refractivity contribution in [1.82, 2.24) is 4.72 Å². The number of nitro benzene ring substituents is 1. The van der Waals surface area contributed by atoms with Crippen molar-refractivity contribution in [3.63, 3.8) is 0 Å². The van der Waals surface area contributed by atoms with Crippen molar-refractivity contribution < 1.29 is 32.8 Å². The van der Waals surface area contributed by atoms with E-state index in [0.717, 1.165) is 54.2 Å². The first kappa shape index (κ1) is 30.7. The van der Waals surface area contributed by atoms with Crippen LogP contribution in [-0.2, 0) is 21.2 Å². The van der Waals surface area contributed by atoms with Crippen molar-refractivity contribution in [3.05, 3.63) is 99.1 Å². The third-order valence-electron chi connectivity index (χ3n) is 7.44. The Balaban J connectivity index is 1.50. The molecule has 222 valence electrons. The largest absolute Gasteiger partial charge is 0.443 e. The van der Waals surface area contributed by atoms with Gasteiger partial charge >= 0.3 is 6.09 Å². The Labute approximate surface area is 243 Å². The fraction of sp³-hybridized carbons (Fsp3) is 0.333. The van der Waals surface area contributed by atoms with E-state index in [9.17, 15) is 33.2 Å². The summed E-state index contributed by atoms with van der Waals surface area (Å²) in [5, 5.41) is 21.7. The number of rotatable bonds is 11. The lowest BCUT2D eigenvalue weighted by atomic mass is 9.89. The maximum Gasteiger partial charge on any atom is 0.404 e. The Hall–Kier alpha value is -4.29. The number of carbonyl (C=O) groups is 2. The molecular weight excluding hydrogens is 562 g/mol. The van der Waals surface area contributed by atoms with Crippen molar-refractivity contribution in [2.75, 3.05) is 6.26 Å². The van der Waals surface area contributed by atoms with Gasteiger partial charge < -0.3 is 15.6 Å². The van der Waals surface area contributed by atoms with Crippen LogP contribution in [0.15, 0.2) is 66.7 Å². The maximum absolute atomic E-state index is 12.7. The molecule has 0 heterocycles. The molecule has 11 nitrogen and oxygen atoms in total. The van der Waals surface area contributed by atoms with Gasteiger partial charge in [0.2, 0.25) is 10.0 Å². The van der Waals surface area contributed by atoms with Gasteiger partial charge in [-0.2, -0.15) is 0 Å². The van der Waals surface area contributed by atoms with Gasteiger partial charge in [-0.05, 0) is 77.6 Å². The van der Waals surface area contributed by atoms with Crippen LogP contribution in [0.2, 0.25) is 0 Å². The van der Waals surface area contributed by atoms with Gasteiger partial charge in [0.25, 0.3) is 11.6 Å². The summed E-state index contributed by atoms with van der Waals surface area (Å²) in [6.45, 7) is 0. The van der Waals surface area contributed by atoms with E-state index in [1.807, 2.05) is 30.3 Å². The van der Waals surface area contributed by atoms with Crippen LogP contribution in [0.3, 0.4) is 0 Å². The predicted octanol–water partition coefficient (Wildman–Crippen LogP) is 4.74. The number of nitrogens with one attached hydrogen (secondary N) is 1. The first-order valence-electron chi connectivity index (χ1n) is 13.5. The minimum Gasteiger partial charge on any atom is -0.443 e. The van der Waals surface area contributed by atoms with Crippen LogP contribution in [0.5, 0.6) is 0 Å². The van der Waals surface area contributed by atoms with Gasteiger partial charge in [-0.15, -0.1) is 0 Å². The third kappa shape index (κ3) is 7.92. The predicted molar refractivity (Wildman–Crippen MR) is 156 cm³/mol.